The van der Waals surface area contributed by atoms with Crippen molar-refractivity contribution in [2.24, 2.45) is 0 Å². The largest absolute Gasteiger partial charge is 0.322 e. The second kappa shape index (κ2) is 7.94. The van der Waals surface area contributed by atoms with Gasteiger partial charge in [0.25, 0.3) is 5.91 Å². The summed E-state index contributed by atoms with van der Waals surface area (Å²) in [7, 11) is 0. The molecule has 1 aromatic heterocycles. The van der Waals surface area contributed by atoms with E-state index in [1.165, 1.54) is 0 Å². The molecule has 5 heteroatoms. The molecule has 0 saturated heterocycles. The molecule has 1 N–H and O–H groups in total. The molecule has 0 aliphatic carbocycles. The third-order valence-corrected chi connectivity index (χ3v) is 4.67. The highest BCUT2D eigenvalue weighted by atomic mass is 16.1. The number of carbonyl (C=O) groups excluding carboxylic acids is 2. The lowest BCUT2D eigenvalue weighted by Crippen LogP contribution is -2.13. The fourth-order valence-corrected chi connectivity index (χ4v) is 3.15. The van der Waals surface area contributed by atoms with Gasteiger partial charge < -0.3 is 5.32 Å². The molecule has 0 spiro atoms. The number of rotatable bonds is 5. The van der Waals surface area contributed by atoms with Crippen LogP contribution in [0.2, 0.25) is 0 Å². The smallest absolute Gasteiger partial charge is 0.259 e. The second-order valence-electron chi connectivity index (χ2n) is 6.62. The van der Waals surface area contributed by atoms with Crippen LogP contribution in [0.3, 0.4) is 0 Å². The maximum atomic E-state index is 12.8. The minimum Gasteiger partial charge on any atom is -0.322 e. The maximum Gasteiger partial charge on any atom is 0.259 e. The third kappa shape index (κ3) is 3.84. The van der Waals surface area contributed by atoms with Crippen molar-refractivity contribution in [1.29, 1.82) is 0 Å². The Labute approximate surface area is 168 Å². The quantitative estimate of drug-likeness (QED) is 0.511. The van der Waals surface area contributed by atoms with Crippen molar-refractivity contribution < 1.29 is 9.59 Å². The van der Waals surface area contributed by atoms with Crippen LogP contribution in [0.1, 0.15) is 32.0 Å². The predicted molar refractivity (Wildman–Crippen MR) is 113 cm³/mol. The van der Waals surface area contributed by atoms with Gasteiger partial charge in [0.15, 0.2) is 5.78 Å². The molecular weight excluding hydrogens is 362 g/mol. The minimum absolute atomic E-state index is 0.0882. The molecule has 4 aromatic rings. The summed E-state index contributed by atoms with van der Waals surface area (Å²) in [6, 6.07) is 25.6. The van der Waals surface area contributed by atoms with Gasteiger partial charge in [-0.1, -0.05) is 60.7 Å². The molecule has 5 nitrogen and oxygen atoms in total. The summed E-state index contributed by atoms with van der Waals surface area (Å²) in [4.78, 5) is 25.4. The Morgan fingerprint density at radius 1 is 0.828 bits per heavy atom. The maximum absolute atomic E-state index is 12.8. The van der Waals surface area contributed by atoms with Gasteiger partial charge in [-0.3, -0.25) is 9.59 Å². The number of ketones is 1. The lowest BCUT2D eigenvalue weighted by Gasteiger charge is -2.08. The molecule has 0 saturated carbocycles. The molecule has 0 aliphatic rings. The lowest BCUT2D eigenvalue weighted by atomic mass is 10.0. The van der Waals surface area contributed by atoms with Crippen LogP contribution in [0.25, 0.3) is 5.69 Å². The van der Waals surface area contributed by atoms with E-state index in [-0.39, 0.29) is 11.7 Å². The zero-order chi connectivity index (χ0) is 20.2. The van der Waals surface area contributed by atoms with Crippen LogP contribution in [-0.2, 0) is 0 Å². The SMILES string of the molecule is Cc1c(C(=O)Nc2cccc(C(=O)c3ccccc3)c2)cnn1-c1ccccc1. The summed E-state index contributed by atoms with van der Waals surface area (Å²) in [5.74, 6) is -0.358. The number of amides is 1. The summed E-state index contributed by atoms with van der Waals surface area (Å²) < 4.78 is 1.73. The number of benzene rings is 3. The Balaban J connectivity index is 1.55. The molecule has 4 rings (SSSR count). The molecule has 1 amide bonds. The van der Waals surface area contributed by atoms with Gasteiger partial charge >= 0.3 is 0 Å². The Morgan fingerprint density at radius 2 is 1.48 bits per heavy atom. The highest BCUT2D eigenvalue weighted by Crippen LogP contribution is 2.18. The fraction of sp³-hybridized carbons (Fsp3) is 0.0417. The van der Waals surface area contributed by atoms with Crippen LogP contribution in [0.15, 0.2) is 91.1 Å². The molecule has 0 aliphatic heterocycles. The normalized spacial score (nSPS) is 10.5. The summed E-state index contributed by atoms with van der Waals surface area (Å²) >= 11 is 0. The molecule has 0 bridgehead atoms. The molecule has 0 fully saturated rings. The average molecular weight is 381 g/mol. The van der Waals surface area contributed by atoms with E-state index in [4.69, 9.17) is 0 Å². The van der Waals surface area contributed by atoms with E-state index in [0.717, 1.165) is 11.4 Å². The van der Waals surface area contributed by atoms with Gasteiger partial charge in [0.05, 0.1) is 23.1 Å². The van der Waals surface area contributed by atoms with E-state index >= 15 is 0 Å². The highest BCUT2D eigenvalue weighted by Gasteiger charge is 2.16. The van der Waals surface area contributed by atoms with Crippen molar-refractivity contribution in [1.82, 2.24) is 9.78 Å². The summed E-state index contributed by atoms with van der Waals surface area (Å²) in [5, 5.41) is 7.20. The number of nitrogens with one attached hydrogen (secondary N) is 1. The first-order chi connectivity index (χ1) is 14.1. The van der Waals surface area contributed by atoms with E-state index < -0.39 is 0 Å². The molecule has 0 radical (unpaired) electrons. The van der Waals surface area contributed by atoms with Crippen LogP contribution in [0, 0.1) is 6.92 Å². The first kappa shape index (κ1) is 18.4. The number of hydrogen-bond acceptors (Lipinski definition) is 3. The van der Waals surface area contributed by atoms with E-state index in [2.05, 4.69) is 10.4 Å². The van der Waals surface area contributed by atoms with Gasteiger partial charge in [0.1, 0.15) is 0 Å². The standard InChI is InChI=1S/C24H19N3O2/c1-17-22(16-25-27(17)21-13-6-3-7-14-21)24(29)26-20-12-8-11-19(15-20)23(28)18-9-4-2-5-10-18/h2-16H,1H3,(H,26,29). The van der Waals surface area contributed by atoms with E-state index in [0.29, 0.717) is 22.4 Å². The van der Waals surface area contributed by atoms with E-state index in [1.807, 2.05) is 55.5 Å². The zero-order valence-corrected chi connectivity index (χ0v) is 15.9. The Bertz CT molecular complexity index is 1170. The molecule has 29 heavy (non-hydrogen) atoms. The van der Waals surface area contributed by atoms with Gasteiger partial charge in [-0.15, -0.1) is 0 Å². The van der Waals surface area contributed by atoms with Crippen molar-refractivity contribution in [3.05, 3.63) is 114 Å². The first-order valence-corrected chi connectivity index (χ1v) is 9.25. The molecule has 0 atom stereocenters. The zero-order valence-electron chi connectivity index (χ0n) is 15.9. The number of nitrogens with zero attached hydrogens (tertiary/aromatic N) is 2. The van der Waals surface area contributed by atoms with Crippen molar-refractivity contribution >= 4 is 17.4 Å². The first-order valence-electron chi connectivity index (χ1n) is 9.25. The van der Waals surface area contributed by atoms with Crippen molar-refractivity contribution in [3.8, 4) is 5.69 Å². The summed E-state index contributed by atoms with van der Waals surface area (Å²) in [5.41, 5.74) is 3.80. The fourth-order valence-electron chi connectivity index (χ4n) is 3.15. The van der Waals surface area contributed by atoms with Crippen molar-refractivity contribution in [2.75, 3.05) is 5.32 Å². The van der Waals surface area contributed by atoms with Crippen LogP contribution < -0.4 is 5.32 Å². The molecular formula is C24H19N3O2. The molecule has 1 heterocycles. The average Bonchev–Trinajstić information content (AvgIpc) is 3.16. The van der Waals surface area contributed by atoms with Crippen LogP contribution in [-0.4, -0.2) is 21.5 Å². The van der Waals surface area contributed by atoms with Crippen LogP contribution in [0.4, 0.5) is 5.69 Å². The van der Waals surface area contributed by atoms with Gasteiger partial charge in [-0.05, 0) is 31.2 Å². The summed E-state index contributed by atoms with van der Waals surface area (Å²) in [6.45, 7) is 1.85. The molecule has 0 unspecified atom stereocenters. The van der Waals surface area contributed by atoms with E-state index in [1.54, 1.807) is 47.3 Å². The van der Waals surface area contributed by atoms with Crippen LogP contribution >= 0.6 is 0 Å². The van der Waals surface area contributed by atoms with E-state index in [9.17, 15) is 9.59 Å². The van der Waals surface area contributed by atoms with Crippen molar-refractivity contribution in [3.63, 3.8) is 0 Å². The van der Waals surface area contributed by atoms with Gasteiger partial charge in [0, 0.05) is 16.8 Å². The Kier molecular flexibility index (Phi) is 5.03. The second-order valence-corrected chi connectivity index (χ2v) is 6.62. The minimum atomic E-state index is -0.269. The monoisotopic (exact) mass is 381 g/mol. The molecule has 3 aromatic carbocycles. The highest BCUT2D eigenvalue weighted by molar-refractivity contribution is 6.10. The summed E-state index contributed by atoms with van der Waals surface area (Å²) in [6.07, 6.45) is 1.55. The van der Waals surface area contributed by atoms with Gasteiger partial charge in [-0.2, -0.15) is 5.10 Å². The predicted octanol–water partition coefficient (Wildman–Crippen LogP) is 4.66. The molecule has 142 valence electrons. The number of aromatic nitrogens is 2. The Morgan fingerprint density at radius 3 is 2.21 bits per heavy atom. The van der Waals surface area contributed by atoms with Gasteiger partial charge in [-0.25, -0.2) is 4.68 Å². The Hall–Kier alpha value is -3.99. The number of hydrogen-bond donors (Lipinski definition) is 1. The topological polar surface area (TPSA) is 64.0 Å². The van der Waals surface area contributed by atoms with Crippen molar-refractivity contribution in [2.45, 2.75) is 6.92 Å². The van der Waals surface area contributed by atoms with Crippen LogP contribution in [0.5, 0.6) is 0 Å². The number of carbonyl (C=O) groups is 2. The number of para-hydroxylation sites is 1. The number of anilines is 1. The third-order valence-electron chi connectivity index (χ3n) is 4.67. The van der Waals surface area contributed by atoms with Gasteiger partial charge in [0.2, 0.25) is 0 Å². The lowest BCUT2D eigenvalue weighted by molar-refractivity contribution is 0.102.